The SMILES string of the molecule is COC(=O)c1cccc(S(=O)(=O)N2CCC(N)C2C)c1. The fourth-order valence-corrected chi connectivity index (χ4v) is 4.05. The number of esters is 1. The van der Waals surface area contributed by atoms with E-state index in [9.17, 15) is 13.2 Å². The second-order valence-electron chi connectivity index (χ2n) is 4.83. The molecule has 2 N–H and O–H groups in total. The second kappa shape index (κ2) is 5.51. The van der Waals surface area contributed by atoms with Crippen LogP contribution < -0.4 is 5.73 Å². The van der Waals surface area contributed by atoms with Crippen molar-refractivity contribution in [1.29, 1.82) is 0 Å². The highest BCUT2D eigenvalue weighted by molar-refractivity contribution is 7.89. The number of carbonyl (C=O) groups is 1. The zero-order chi connectivity index (χ0) is 14.9. The first-order valence-corrected chi connectivity index (χ1v) is 7.77. The maximum atomic E-state index is 12.6. The Bertz CT molecular complexity index is 615. The molecule has 2 rings (SSSR count). The van der Waals surface area contributed by atoms with E-state index in [-0.39, 0.29) is 22.5 Å². The molecule has 0 saturated carbocycles. The maximum Gasteiger partial charge on any atom is 0.337 e. The predicted molar refractivity (Wildman–Crippen MR) is 73.7 cm³/mol. The second-order valence-corrected chi connectivity index (χ2v) is 6.72. The van der Waals surface area contributed by atoms with Gasteiger partial charge in [0.05, 0.1) is 17.6 Å². The van der Waals surface area contributed by atoms with Gasteiger partial charge in [-0.25, -0.2) is 13.2 Å². The van der Waals surface area contributed by atoms with E-state index < -0.39 is 16.0 Å². The van der Waals surface area contributed by atoms with Gasteiger partial charge < -0.3 is 10.5 Å². The van der Waals surface area contributed by atoms with Crippen LogP contribution in [0.3, 0.4) is 0 Å². The molecule has 20 heavy (non-hydrogen) atoms. The van der Waals surface area contributed by atoms with Crippen LogP contribution in [0.25, 0.3) is 0 Å². The molecule has 1 aromatic rings. The van der Waals surface area contributed by atoms with E-state index in [1.807, 2.05) is 0 Å². The summed E-state index contributed by atoms with van der Waals surface area (Å²) in [6.07, 6.45) is 0.636. The first kappa shape index (κ1) is 15.0. The summed E-state index contributed by atoms with van der Waals surface area (Å²) in [4.78, 5) is 11.6. The molecule has 7 heteroatoms. The Kier molecular flexibility index (Phi) is 4.12. The van der Waals surface area contributed by atoms with Gasteiger partial charge in [0.25, 0.3) is 0 Å². The van der Waals surface area contributed by atoms with E-state index >= 15 is 0 Å². The number of hydrogen-bond acceptors (Lipinski definition) is 5. The minimum absolute atomic E-state index is 0.0846. The molecule has 0 amide bonds. The van der Waals surface area contributed by atoms with E-state index in [4.69, 9.17) is 5.73 Å². The Morgan fingerprint density at radius 1 is 1.45 bits per heavy atom. The van der Waals surface area contributed by atoms with E-state index in [1.54, 1.807) is 6.92 Å². The van der Waals surface area contributed by atoms with E-state index in [1.165, 1.54) is 35.7 Å². The smallest absolute Gasteiger partial charge is 0.337 e. The summed E-state index contributed by atoms with van der Waals surface area (Å²) in [5.41, 5.74) is 6.08. The topological polar surface area (TPSA) is 89.7 Å². The first-order chi connectivity index (χ1) is 9.37. The van der Waals surface area contributed by atoms with Gasteiger partial charge in [0.2, 0.25) is 10.0 Å². The molecule has 6 nitrogen and oxygen atoms in total. The molecule has 1 fully saturated rings. The summed E-state index contributed by atoms with van der Waals surface area (Å²) < 4.78 is 31.1. The Hall–Kier alpha value is -1.44. The van der Waals surface area contributed by atoms with E-state index in [0.29, 0.717) is 13.0 Å². The van der Waals surface area contributed by atoms with Crippen molar-refractivity contribution in [3.8, 4) is 0 Å². The molecule has 1 aliphatic heterocycles. The highest BCUT2D eigenvalue weighted by Crippen LogP contribution is 2.25. The molecule has 2 unspecified atom stereocenters. The highest BCUT2D eigenvalue weighted by Gasteiger charge is 2.37. The molecular weight excluding hydrogens is 280 g/mol. The quantitative estimate of drug-likeness (QED) is 0.825. The molecule has 0 spiro atoms. The van der Waals surface area contributed by atoms with E-state index in [0.717, 1.165) is 0 Å². The van der Waals surface area contributed by atoms with Crippen LogP contribution in [0.4, 0.5) is 0 Å². The van der Waals surface area contributed by atoms with Gasteiger partial charge in [-0.1, -0.05) is 6.07 Å². The maximum absolute atomic E-state index is 12.6. The van der Waals surface area contributed by atoms with Crippen LogP contribution in [0.1, 0.15) is 23.7 Å². The van der Waals surface area contributed by atoms with Crippen LogP contribution in [0, 0.1) is 0 Å². The third-order valence-electron chi connectivity index (χ3n) is 3.62. The number of nitrogens with two attached hydrogens (primary N) is 1. The monoisotopic (exact) mass is 298 g/mol. The van der Waals surface area contributed by atoms with E-state index in [2.05, 4.69) is 4.74 Å². The number of sulfonamides is 1. The standard InChI is InChI=1S/C13H18N2O4S/c1-9-12(14)6-7-15(9)20(17,18)11-5-3-4-10(8-11)13(16)19-2/h3-5,8-9,12H,6-7,14H2,1-2H3. The zero-order valence-electron chi connectivity index (χ0n) is 11.4. The molecule has 0 radical (unpaired) electrons. The fourth-order valence-electron chi connectivity index (χ4n) is 2.31. The van der Waals surface area contributed by atoms with Crippen molar-refractivity contribution in [2.75, 3.05) is 13.7 Å². The minimum Gasteiger partial charge on any atom is -0.465 e. The van der Waals surface area contributed by atoms with Gasteiger partial charge in [-0.3, -0.25) is 0 Å². The van der Waals surface area contributed by atoms with Crippen LogP contribution in [-0.2, 0) is 14.8 Å². The average Bonchev–Trinajstić information content (AvgIpc) is 2.79. The van der Waals surface area contributed by atoms with Crippen molar-refractivity contribution in [2.24, 2.45) is 5.73 Å². The third-order valence-corrected chi connectivity index (χ3v) is 5.60. The lowest BCUT2D eigenvalue weighted by Gasteiger charge is -2.22. The van der Waals surface area contributed by atoms with Gasteiger partial charge in [0.1, 0.15) is 0 Å². The van der Waals surface area contributed by atoms with Gasteiger partial charge in [-0.2, -0.15) is 4.31 Å². The van der Waals surface area contributed by atoms with Crippen LogP contribution in [0.15, 0.2) is 29.2 Å². The minimum atomic E-state index is -3.64. The lowest BCUT2D eigenvalue weighted by Crippen LogP contribution is -2.40. The third kappa shape index (κ3) is 2.56. The number of carbonyl (C=O) groups excluding carboxylic acids is 1. The molecule has 0 aliphatic carbocycles. The molecule has 1 saturated heterocycles. The van der Waals surface area contributed by atoms with Crippen LogP contribution in [-0.4, -0.2) is 44.4 Å². The van der Waals surface area contributed by atoms with Crippen molar-refractivity contribution in [2.45, 2.75) is 30.3 Å². The largest absolute Gasteiger partial charge is 0.465 e. The summed E-state index contributed by atoms with van der Waals surface area (Å²) in [5.74, 6) is -0.562. The fraction of sp³-hybridized carbons (Fsp3) is 0.462. The summed E-state index contributed by atoms with van der Waals surface area (Å²) in [6.45, 7) is 2.19. The van der Waals surface area contributed by atoms with Crippen LogP contribution in [0.2, 0.25) is 0 Å². The van der Waals surface area contributed by atoms with Crippen LogP contribution in [0.5, 0.6) is 0 Å². The highest BCUT2D eigenvalue weighted by atomic mass is 32.2. The number of nitrogens with zero attached hydrogens (tertiary/aromatic N) is 1. The molecular formula is C13H18N2O4S. The predicted octanol–water partition coefficient (Wildman–Crippen LogP) is 0.583. The molecule has 1 aliphatic rings. The average molecular weight is 298 g/mol. The molecule has 1 aromatic carbocycles. The van der Waals surface area contributed by atoms with Crippen LogP contribution >= 0.6 is 0 Å². The normalized spacial score (nSPS) is 23.8. The molecule has 0 bridgehead atoms. The Morgan fingerprint density at radius 3 is 2.70 bits per heavy atom. The van der Waals surface area contributed by atoms with Gasteiger partial charge in [0.15, 0.2) is 0 Å². The van der Waals surface area contributed by atoms with Gasteiger partial charge in [-0.05, 0) is 31.5 Å². The van der Waals surface area contributed by atoms with Crippen molar-refractivity contribution in [1.82, 2.24) is 4.31 Å². The molecule has 1 heterocycles. The Labute approximate surface area is 118 Å². The van der Waals surface area contributed by atoms with Gasteiger partial charge >= 0.3 is 5.97 Å². The first-order valence-electron chi connectivity index (χ1n) is 6.33. The molecule has 2 atom stereocenters. The lowest BCUT2D eigenvalue weighted by molar-refractivity contribution is 0.0600. The number of benzene rings is 1. The number of methoxy groups -OCH3 is 1. The van der Waals surface area contributed by atoms with Crippen molar-refractivity contribution >= 4 is 16.0 Å². The lowest BCUT2D eigenvalue weighted by atomic mass is 10.2. The van der Waals surface area contributed by atoms with Crippen molar-refractivity contribution in [3.63, 3.8) is 0 Å². The summed E-state index contributed by atoms with van der Waals surface area (Å²) in [6, 6.07) is 5.44. The van der Waals surface area contributed by atoms with Gasteiger partial charge in [0, 0.05) is 18.6 Å². The Morgan fingerprint density at radius 2 is 2.15 bits per heavy atom. The number of hydrogen-bond donors (Lipinski definition) is 1. The summed E-state index contributed by atoms with van der Waals surface area (Å²) in [5, 5.41) is 0. The van der Waals surface area contributed by atoms with Gasteiger partial charge in [-0.15, -0.1) is 0 Å². The van der Waals surface area contributed by atoms with Crippen molar-refractivity contribution in [3.05, 3.63) is 29.8 Å². The summed E-state index contributed by atoms with van der Waals surface area (Å²) in [7, 11) is -2.38. The molecule has 110 valence electrons. The number of ether oxygens (including phenoxy) is 1. The van der Waals surface area contributed by atoms with Crippen molar-refractivity contribution < 1.29 is 17.9 Å². The molecule has 0 aromatic heterocycles. The summed E-state index contributed by atoms with van der Waals surface area (Å²) >= 11 is 0. The Balaban J connectivity index is 2.38. The number of rotatable bonds is 3. The zero-order valence-corrected chi connectivity index (χ0v) is 12.3.